The molecular weight excluding hydrogens is 336 g/mol. The van der Waals surface area contributed by atoms with Crippen molar-refractivity contribution in [2.45, 2.75) is 51.5 Å². The summed E-state index contributed by atoms with van der Waals surface area (Å²) in [7, 11) is 0. The van der Waals surface area contributed by atoms with Crippen LogP contribution in [0.25, 0.3) is 11.1 Å². The molecule has 4 heteroatoms. The number of hydrogen-bond donors (Lipinski definition) is 1. The molecule has 1 N–H and O–H groups in total. The summed E-state index contributed by atoms with van der Waals surface area (Å²) in [5, 5.41) is 3.13. The fourth-order valence-electron chi connectivity index (χ4n) is 4.18. The van der Waals surface area contributed by atoms with E-state index in [1.165, 1.54) is 18.4 Å². The molecule has 2 aromatic carbocycles. The molecule has 1 heterocycles. The molecule has 27 heavy (non-hydrogen) atoms. The smallest absolute Gasteiger partial charge is 0.251 e. The number of rotatable bonds is 4. The van der Waals surface area contributed by atoms with Crippen molar-refractivity contribution in [1.29, 1.82) is 0 Å². The Kier molecular flexibility index (Phi) is 4.97. The number of benzene rings is 2. The third-order valence-corrected chi connectivity index (χ3v) is 5.75. The van der Waals surface area contributed by atoms with Crippen LogP contribution in [0.4, 0.5) is 5.69 Å². The highest BCUT2D eigenvalue weighted by Gasteiger charge is 2.23. The molecular formula is C23H26N2O2. The topological polar surface area (TPSA) is 49.4 Å². The zero-order valence-corrected chi connectivity index (χ0v) is 15.8. The van der Waals surface area contributed by atoms with Gasteiger partial charge in [-0.15, -0.1) is 0 Å². The normalized spacial score (nSPS) is 16.4. The summed E-state index contributed by atoms with van der Waals surface area (Å²) >= 11 is 0. The minimum absolute atomic E-state index is 0.0242. The SMILES string of the molecule is CCC(=O)N1CCc2cc(-c3ccc(C(=O)NC4CCCC4)cc3)ccc21. The number of anilines is 1. The van der Waals surface area contributed by atoms with Crippen LogP contribution in [0, 0.1) is 0 Å². The van der Waals surface area contributed by atoms with Crippen LogP contribution in [-0.2, 0) is 11.2 Å². The van der Waals surface area contributed by atoms with Gasteiger partial charge in [0.25, 0.3) is 5.91 Å². The summed E-state index contributed by atoms with van der Waals surface area (Å²) in [4.78, 5) is 26.3. The van der Waals surface area contributed by atoms with Crippen molar-refractivity contribution in [2.24, 2.45) is 0 Å². The van der Waals surface area contributed by atoms with Gasteiger partial charge in [0, 0.05) is 30.3 Å². The van der Waals surface area contributed by atoms with Crippen molar-refractivity contribution in [2.75, 3.05) is 11.4 Å². The second-order valence-corrected chi connectivity index (χ2v) is 7.52. The van der Waals surface area contributed by atoms with Crippen molar-refractivity contribution in [3.05, 3.63) is 53.6 Å². The zero-order valence-electron chi connectivity index (χ0n) is 15.8. The van der Waals surface area contributed by atoms with Crippen molar-refractivity contribution in [3.63, 3.8) is 0 Å². The van der Waals surface area contributed by atoms with E-state index in [2.05, 4.69) is 17.4 Å². The number of carbonyl (C=O) groups excluding carboxylic acids is 2. The van der Waals surface area contributed by atoms with Gasteiger partial charge in [0.15, 0.2) is 0 Å². The third-order valence-electron chi connectivity index (χ3n) is 5.75. The number of amides is 2. The zero-order chi connectivity index (χ0) is 18.8. The Labute approximate surface area is 160 Å². The van der Waals surface area contributed by atoms with E-state index >= 15 is 0 Å². The van der Waals surface area contributed by atoms with Crippen LogP contribution in [0.2, 0.25) is 0 Å². The van der Waals surface area contributed by atoms with E-state index in [1.807, 2.05) is 42.2 Å². The molecule has 1 fully saturated rings. The number of nitrogens with one attached hydrogen (secondary N) is 1. The lowest BCUT2D eigenvalue weighted by Gasteiger charge is -2.16. The van der Waals surface area contributed by atoms with E-state index in [0.29, 0.717) is 18.0 Å². The summed E-state index contributed by atoms with van der Waals surface area (Å²) in [5.41, 5.74) is 5.19. The largest absolute Gasteiger partial charge is 0.349 e. The van der Waals surface area contributed by atoms with E-state index in [0.717, 1.165) is 42.6 Å². The number of fused-ring (bicyclic) bond motifs is 1. The quantitative estimate of drug-likeness (QED) is 0.880. The van der Waals surface area contributed by atoms with Crippen molar-refractivity contribution in [3.8, 4) is 11.1 Å². The Bertz CT molecular complexity index is 851. The van der Waals surface area contributed by atoms with Gasteiger partial charge in [-0.2, -0.15) is 0 Å². The average molecular weight is 362 g/mol. The number of hydrogen-bond acceptors (Lipinski definition) is 2. The van der Waals surface area contributed by atoms with Crippen LogP contribution in [0.1, 0.15) is 54.9 Å². The standard InChI is InChI=1S/C23H26N2O2/c1-2-22(26)25-14-13-19-15-18(11-12-21(19)25)16-7-9-17(10-8-16)23(27)24-20-5-3-4-6-20/h7-12,15,20H,2-6,13-14H2,1H3,(H,24,27). The van der Waals surface area contributed by atoms with Gasteiger partial charge < -0.3 is 10.2 Å². The second kappa shape index (κ2) is 7.55. The molecule has 0 bridgehead atoms. The number of nitrogens with zero attached hydrogens (tertiary/aromatic N) is 1. The van der Waals surface area contributed by atoms with Gasteiger partial charge in [0.05, 0.1) is 0 Å². The van der Waals surface area contributed by atoms with Crippen molar-refractivity contribution < 1.29 is 9.59 Å². The molecule has 1 aliphatic carbocycles. The van der Waals surface area contributed by atoms with Gasteiger partial charge in [-0.1, -0.05) is 38.0 Å². The van der Waals surface area contributed by atoms with E-state index in [1.54, 1.807) is 0 Å². The van der Waals surface area contributed by atoms with Gasteiger partial charge in [-0.3, -0.25) is 9.59 Å². The van der Waals surface area contributed by atoms with Gasteiger partial charge >= 0.3 is 0 Å². The van der Waals surface area contributed by atoms with Gasteiger partial charge in [-0.05, 0) is 60.2 Å². The van der Waals surface area contributed by atoms with E-state index in [4.69, 9.17) is 0 Å². The molecule has 4 nitrogen and oxygen atoms in total. The predicted octanol–water partition coefficient (Wildman–Crippen LogP) is 4.33. The van der Waals surface area contributed by atoms with Crippen LogP contribution in [0.3, 0.4) is 0 Å². The molecule has 1 saturated carbocycles. The monoisotopic (exact) mass is 362 g/mol. The van der Waals surface area contributed by atoms with Gasteiger partial charge in [-0.25, -0.2) is 0 Å². The molecule has 0 atom stereocenters. The first kappa shape index (κ1) is 17.8. The predicted molar refractivity (Wildman–Crippen MR) is 108 cm³/mol. The van der Waals surface area contributed by atoms with Crippen molar-refractivity contribution >= 4 is 17.5 Å². The molecule has 0 radical (unpaired) electrons. The molecule has 4 rings (SSSR count). The van der Waals surface area contributed by atoms with Gasteiger partial charge in [0.1, 0.15) is 0 Å². The summed E-state index contributed by atoms with van der Waals surface area (Å²) in [6.45, 7) is 2.67. The summed E-state index contributed by atoms with van der Waals surface area (Å²) < 4.78 is 0. The van der Waals surface area contributed by atoms with Crippen LogP contribution in [0.15, 0.2) is 42.5 Å². The Morgan fingerprint density at radius 2 is 1.74 bits per heavy atom. The molecule has 0 unspecified atom stereocenters. The molecule has 2 aliphatic rings. The Balaban J connectivity index is 1.49. The van der Waals surface area contributed by atoms with Crippen molar-refractivity contribution in [1.82, 2.24) is 5.32 Å². The van der Waals surface area contributed by atoms with Crippen LogP contribution >= 0.6 is 0 Å². The Morgan fingerprint density at radius 3 is 2.44 bits per heavy atom. The fourth-order valence-corrected chi connectivity index (χ4v) is 4.18. The third kappa shape index (κ3) is 3.61. The number of carbonyl (C=O) groups is 2. The molecule has 2 aromatic rings. The highest BCUT2D eigenvalue weighted by Crippen LogP contribution is 2.32. The first-order valence-electron chi connectivity index (χ1n) is 10.0. The molecule has 140 valence electrons. The maximum atomic E-state index is 12.4. The Morgan fingerprint density at radius 1 is 1.04 bits per heavy atom. The van der Waals surface area contributed by atoms with Crippen LogP contribution in [0.5, 0.6) is 0 Å². The molecule has 0 saturated heterocycles. The summed E-state index contributed by atoms with van der Waals surface area (Å²) in [6.07, 6.45) is 6.04. The maximum Gasteiger partial charge on any atom is 0.251 e. The maximum absolute atomic E-state index is 12.4. The highest BCUT2D eigenvalue weighted by molar-refractivity contribution is 5.96. The van der Waals surface area contributed by atoms with E-state index in [9.17, 15) is 9.59 Å². The molecule has 1 aliphatic heterocycles. The fraction of sp³-hybridized carbons (Fsp3) is 0.391. The highest BCUT2D eigenvalue weighted by atomic mass is 16.2. The molecule has 0 spiro atoms. The van der Waals surface area contributed by atoms with Gasteiger partial charge in [0.2, 0.25) is 5.91 Å². The van der Waals surface area contributed by atoms with Crippen LogP contribution < -0.4 is 10.2 Å². The molecule has 0 aromatic heterocycles. The second-order valence-electron chi connectivity index (χ2n) is 7.52. The molecule has 2 amide bonds. The summed E-state index contributed by atoms with van der Waals surface area (Å²) in [5.74, 6) is 0.204. The minimum Gasteiger partial charge on any atom is -0.349 e. The van der Waals surface area contributed by atoms with Crippen LogP contribution in [-0.4, -0.2) is 24.4 Å². The Hall–Kier alpha value is -2.62. The minimum atomic E-state index is 0.0242. The van der Waals surface area contributed by atoms with E-state index < -0.39 is 0 Å². The first-order chi connectivity index (χ1) is 13.2. The lowest BCUT2D eigenvalue weighted by atomic mass is 10.0. The lowest BCUT2D eigenvalue weighted by Crippen LogP contribution is -2.32. The first-order valence-corrected chi connectivity index (χ1v) is 10.0. The lowest BCUT2D eigenvalue weighted by molar-refractivity contribution is -0.118. The van der Waals surface area contributed by atoms with E-state index in [-0.39, 0.29) is 11.8 Å². The summed E-state index contributed by atoms with van der Waals surface area (Å²) in [6, 6.07) is 14.4. The average Bonchev–Trinajstić information content (AvgIpc) is 3.36.